The predicted molar refractivity (Wildman–Crippen MR) is 57.3 cm³/mol. The summed E-state index contributed by atoms with van der Waals surface area (Å²) in [6.07, 6.45) is 0.986. The zero-order valence-corrected chi connectivity index (χ0v) is 10.3. The highest BCUT2D eigenvalue weighted by atomic mass is 79.9. The zero-order valence-electron chi connectivity index (χ0n) is 8.75. The number of hydrogen-bond donors (Lipinski definition) is 0. The van der Waals surface area contributed by atoms with Crippen LogP contribution >= 0.6 is 15.9 Å². The second-order valence-corrected chi connectivity index (χ2v) is 4.43. The third-order valence-electron chi connectivity index (χ3n) is 1.82. The summed E-state index contributed by atoms with van der Waals surface area (Å²) < 4.78 is 4.49. The standard InChI is InChI=1S/C9H16BrNO3/c1-7(10)9(13)11(2)6-4-5-8(12)14-3/h7H,4-6H2,1-3H3. The van der Waals surface area contributed by atoms with Crippen molar-refractivity contribution in [1.29, 1.82) is 0 Å². The summed E-state index contributed by atoms with van der Waals surface area (Å²) in [6.45, 7) is 2.35. The minimum Gasteiger partial charge on any atom is -0.469 e. The van der Waals surface area contributed by atoms with Gasteiger partial charge in [0.05, 0.1) is 11.9 Å². The molecule has 82 valence electrons. The van der Waals surface area contributed by atoms with E-state index >= 15 is 0 Å². The average Bonchev–Trinajstić information content (AvgIpc) is 2.15. The lowest BCUT2D eigenvalue weighted by Gasteiger charge is -2.17. The highest BCUT2D eigenvalue weighted by Gasteiger charge is 2.13. The molecular formula is C9H16BrNO3. The fraction of sp³-hybridized carbons (Fsp3) is 0.778. The number of carbonyl (C=O) groups excluding carboxylic acids is 2. The SMILES string of the molecule is COC(=O)CCCN(C)C(=O)C(C)Br. The first-order valence-corrected chi connectivity index (χ1v) is 5.36. The first kappa shape index (κ1) is 13.4. The van der Waals surface area contributed by atoms with Crippen LogP contribution < -0.4 is 0 Å². The quantitative estimate of drug-likeness (QED) is 0.554. The number of alkyl halides is 1. The molecule has 0 aliphatic carbocycles. The van der Waals surface area contributed by atoms with Gasteiger partial charge in [-0.2, -0.15) is 0 Å². The van der Waals surface area contributed by atoms with Gasteiger partial charge in [-0.3, -0.25) is 9.59 Å². The molecule has 0 N–H and O–H groups in total. The Morgan fingerprint density at radius 3 is 2.50 bits per heavy atom. The van der Waals surface area contributed by atoms with Gasteiger partial charge < -0.3 is 9.64 Å². The molecule has 0 aromatic heterocycles. The number of ether oxygens (including phenoxy) is 1. The molecule has 0 saturated heterocycles. The van der Waals surface area contributed by atoms with E-state index in [0.717, 1.165) is 0 Å². The van der Waals surface area contributed by atoms with Crippen molar-refractivity contribution in [2.75, 3.05) is 20.7 Å². The van der Waals surface area contributed by atoms with Crippen LogP contribution in [0.3, 0.4) is 0 Å². The van der Waals surface area contributed by atoms with Crippen molar-refractivity contribution in [1.82, 2.24) is 4.90 Å². The van der Waals surface area contributed by atoms with E-state index in [1.807, 2.05) is 0 Å². The first-order valence-electron chi connectivity index (χ1n) is 4.45. The van der Waals surface area contributed by atoms with E-state index in [1.54, 1.807) is 18.9 Å². The fourth-order valence-electron chi connectivity index (χ4n) is 0.977. The number of rotatable bonds is 5. The maximum Gasteiger partial charge on any atom is 0.305 e. The van der Waals surface area contributed by atoms with Crippen molar-refractivity contribution in [3.05, 3.63) is 0 Å². The number of esters is 1. The number of methoxy groups -OCH3 is 1. The lowest BCUT2D eigenvalue weighted by molar-refractivity contribution is -0.141. The predicted octanol–water partition coefficient (Wildman–Crippen LogP) is 1.18. The Kier molecular flexibility index (Phi) is 6.53. The van der Waals surface area contributed by atoms with Gasteiger partial charge in [0.1, 0.15) is 0 Å². The summed E-state index contributed by atoms with van der Waals surface area (Å²) in [4.78, 5) is 23.5. The van der Waals surface area contributed by atoms with Crippen LogP contribution in [0.2, 0.25) is 0 Å². The van der Waals surface area contributed by atoms with Crippen LogP contribution in [-0.4, -0.2) is 42.3 Å². The molecule has 0 bridgehead atoms. The lowest BCUT2D eigenvalue weighted by Crippen LogP contribution is -2.32. The Morgan fingerprint density at radius 1 is 1.50 bits per heavy atom. The summed E-state index contributed by atoms with van der Waals surface area (Å²) in [5, 5.41) is 0. The van der Waals surface area contributed by atoms with E-state index in [1.165, 1.54) is 7.11 Å². The van der Waals surface area contributed by atoms with E-state index in [2.05, 4.69) is 20.7 Å². The van der Waals surface area contributed by atoms with Gasteiger partial charge in [-0.15, -0.1) is 0 Å². The maximum absolute atomic E-state index is 11.4. The van der Waals surface area contributed by atoms with Crippen molar-refractivity contribution >= 4 is 27.8 Å². The van der Waals surface area contributed by atoms with Crippen LogP contribution in [0.15, 0.2) is 0 Å². The Bertz CT molecular complexity index is 206. The Morgan fingerprint density at radius 2 is 2.07 bits per heavy atom. The summed E-state index contributed by atoms with van der Waals surface area (Å²) in [5.74, 6) is -0.215. The summed E-state index contributed by atoms with van der Waals surface area (Å²) >= 11 is 3.19. The topological polar surface area (TPSA) is 46.6 Å². The Labute approximate surface area is 92.7 Å². The van der Waals surface area contributed by atoms with Gasteiger partial charge in [-0.1, -0.05) is 15.9 Å². The Balaban J connectivity index is 3.69. The molecular weight excluding hydrogens is 250 g/mol. The number of carbonyl (C=O) groups is 2. The molecule has 0 aromatic rings. The van der Waals surface area contributed by atoms with E-state index in [4.69, 9.17) is 0 Å². The third-order valence-corrected chi connectivity index (χ3v) is 2.21. The molecule has 5 heteroatoms. The minimum atomic E-state index is -0.238. The molecule has 1 unspecified atom stereocenters. The molecule has 0 saturated carbocycles. The van der Waals surface area contributed by atoms with Crippen LogP contribution in [0.4, 0.5) is 0 Å². The van der Waals surface area contributed by atoms with Crippen molar-refractivity contribution in [2.24, 2.45) is 0 Å². The van der Waals surface area contributed by atoms with Gasteiger partial charge >= 0.3 is 5.97 Å². The summed E-state index contributed by atoms with van der Waals surface area (Å²) in [5.41, 5.74) is 0. The van der Waals surface area contributed by atoms with Crippen molar-refractivity contribution in [3.8, 4) is 0 Å². The lowest BCUT2D eigenvalue weighted by atomic mass is 10.3. The molecule has 0 spiro atoms. The van der Waals surface area contributed by atoms with Crippen molar-refractivity contribution in [2.45, 2.75) is 24.6 Å². The maximum atomic E-state index is 11.4. The Hall–Kier alpha value is -0.580. The number of hydrogen-bond acceptors (Lipinski definition) is 3. The van der Waals surface area contributed by atoms with E-state index in [9.17, 15) is 9.59 Å². The van der Waals surface area contributed by atoms with Crippen molar-refractivity contribution in [3.63, 3.8) is 0 Å². The average molecular weight is 266 g/mol. The third kappa shape index (κ3) is 5.21. The zero-order chi connectivity index (χ0) is 11.1. The van der Waals surface area contributed by atoms with E-state index < -0.39 is 0 Å². The molecule has 0 aliphatic heterocycles. The molecule has 1 atom stereocenters. The molecule has 1 amide bonds. The van der Waals surface area contributed by atoms with E-state index in [-0.39, 0.29) is 16.7 Å². The molecule has 0 heterocycles. The summed E-state index contributed by atoms with van der Waals surface area (Å²) in [7, 11) is 3.08. The fourth-order valence-corrected chi connectivity index (χ4v) is 1.33. The summed E-state index contributed by atoms with van der Waals surface area (Å²) in [6, 6.07) is 0. The van der Waals surface area contributed by atoms with Gasteiger partial charge in [-0.25, -0.2) is 0 Å². The number of halogens is 1. The second-order valence-electron chi connectivity index (χ2n) is 3.06. The monoisotopic (exact) mass is 265 g/mol. The molecule has 0 aliphatic rings. The van der Waals surface area contributed by atoms with Gasteiger partial charge in [0.15, 0.2) is 0 Å². The largest absolute Gasteiger partial charge is 0.469 e. The van der Waals surface area contributed by atoms with Crippen LogP contribution in [0.25, 0.3) is 0 Å². The first-order chi connectivity index (χ1) is 6.49. The van der Waals surface area contributed by atoms with Gasteiger partial charge in [-0.05, 0) is 13.3 Å². The molecule has 14 heavy (non-hydrogen) atoms. The highest BCUT2D eigenvalue weighted by Crippen LogP contribution is 2.03. The molecule has 0 fully saturated rings. The molecule has 0 radical (unpaired) electrons. The van der Waals surface area contributed by atoms with Crippen LogP contribution in [-0.2, 0) is 14.3 Å². The van der Waals surface area contributed by atoms with Crippen molar-refractivity contribution < 1.29 is 14.3 Å². The van der Waals surface area contributed by atoms with Crippen LogP contribution in [0, 0.1) is 0 Å². The number of amides is 1. The minimum absolute atomic E-state index is 0.0230. The van der Waals surface area contributed by atoms with Gasteiger partial charge in [0.25, 0.3) is 0 Å². The number of nitrogens with zero attached hydrogens (tertiary/aromatic N) is 1. The highest BCUT2D eigenvalue weighted by molar-refractivity contribution is 9.10. The van der Waals surface area contributed by atoms with Gasteiger partial charge in [0.2, 0.25) is 5.91 Å². The van der Waals surface area contributed by atoms with Crippen LogP contribution in [0.5, 0.6) is 0 Å². The smallest absolute Gasteiger partial charge is 0.305 e. The van der Waals surface area contributed by atoms with Gasteiger partial charge in [0, 0.05) is 20.0 Å². The van der Waals surface area contributed by atoms with E-state index in [0.29, 0.717) is 19.4 Å². The molecule has 0 rings (SSSR count). The normalized spacial score (nSPS) is 12.0. The molecule has 0 aromatic carbocycles. The molecule has 4 nitrogen and oxygen atoms in total. The van der Waals surface area contributed by atoms with Crippen LogP contribution in [0.1, 0.15) is 19.8 Å². The second kappa shape index (κ2) is 6.81.